The molecule has 0 saturated carbocycles. The van der Waals surface area contributed by atoms with Crippen LogP contribution in [0.3, 0.4) is 0 Å². The molecular weight excluding hydrogens is 280 g/mol. The zero-order chi connectivity index (χ0) is 16.1. The van der Waals surface area contributed by atoms with E-state index in [0.717, 1.165) is 5.56 Å². The maximum absolute atomic E-state index is 12.0. The van der Waals surface area contributed by atoms with Crippen molar-refractivity contribution in [3.63, 3.8) is 0 Å². The predicted octanol–water partition coefficient (Wildman–Crippen LogP) is 3.81. The molecule has 2 rings (SSSR count). The molecule has 0 bridgehead atoms. The number of hydrogen-bond acceptors (Lipinski definition) is 4. The van der Waals surface area contributed by atoms with E-state index in [1.54, 1.807) is 18.2 Å². The van der Waals surface area contributed by atoms with Crippen LogP contribution in [0.1, 0.15) is 37.0 Å². The topological polar surface area (TPSA) is 55.8 Å². The quantitative estimate of drug-likeness (QED) is 0.853. The lowest BCUT2D eigenvalue weighted by molar-refractivity contribution is -0.149. The summed E-state index contributed by atoms with van der Waals surface area (Å²) < 4.78 is 10.6. The molecule has 2 aromatic carbocycles. The fourth-order valence-electron chi connectivity index (χ4n) is 2.19. The molecular formula is C18H20O4. The SMILES string of the molecule is COC(=O)C(Oc1ccc(O)c(C(C)C)c1)c1ccccc1. The fourth-order valence-corrected chi connectivity index (χ4v) is 2.19. The van der Waals surface area contributed by atoms with Gasteiger partial charge in [0.2, 0.25) is 6.10 Å². The number of phenolic OH excluding ortho intramolecular Hbond substituents is 1. The van der Waals surface area contributed by atoms with Gasteiger partial charge in [0.05, 0.1) is 7.11 Å². The number of carbonyl (C=O) groups excluding carboxylic acids is 1. The van der Waals surface area contributed by atoms with E-state index in [1.807, 2.05) is 44.2 Å². The Balaban J connectivity index is 2.32. The van der Waals surface area contributed by atoms with Crippen LogP contribution >= 0.6 is 0 Å². The van der Waals surface area contributed by atoms with Crippen LogP contribution in [0, 0.1) is 0 Å². The third kappa shape index (κ3) is 3.58. The van der Waals surface area contributed by atoms with Crippen LogP contribution in [0.5, 0.6) is 11.5 Å². The maximum Gasteiger partial charge on any atom is 0.351 e. The molecule has 0 saturated heterocycles. The summed E-state index contributed by atoms with van der Waals surface area (Å²) in [7, 11) is 1.33. The molecule has 0 spiro atoms. The third-order valence-electron chi connectivity index (χ3n) is 3.39. The molecule has 0 heterocycles. The lowest BCUT2D eigenvalue weighted by Crippen LogP contribution is -2.20. The van der Waals surface area contributed by atoms with Gasteiger partial charge in [-0.25, -0.2) is 4.79 Å². The van der Waals surface area contributed by atoms with Crippen LogP contribution in [-0.2, 0) is 9.53 Å². The van der Waals surface area contributed by atoms with Gasteiger partial charge in [0.1, 0.15) is 11.5 Å². The number of aromatic hydroxyl groups is 1. The first-order valence-electron chi connectivity index (χ1n) is 7.15. The standard InChI is InChI=1S/C18H20O4/c1-12(2)15-11-14(9-10-16(15)19)22-17(18(20)21-3)13-7-5-4-6-8-13/h4-12,17,19H,1-3H3. The number of esters is 1. The van der Waals surface area contributed by atoms with E-state index < -0.39 is 12.1 Å². The second-order valence-corrected chi connectivity index (χ2v) is 5.31. The molecule has 4 nitrogen and oxygen atoms in total. The lowest BCUT2D eigenvalue weighted by atomic mass is 10.0. The van der Waals surface area contributed by atoms with Crippen LogP contribution in [0.25, 0.3) is 0 Å². The number of benzene rings is 2. The van der Waals surface area contributed by atoms with Crippen molar-refractivity contribution in [1.82, 2.24) is 0 Å². The maximum atomic E-state index is 12.0. The summed E-state index contributed by atoms with van der Waals surface area (Å²) in [4.78, 5) is 12.0. The highest BCUT2D eigenvalue weighted by Gasteiger charge is 2.23. The minimum Gasteiger partial charge on any atom is -0.508 e. The summed E-state index contributed by atoms with van der Waals surface area (Å²) in [5.74, 6) is 0.416. The Morgan fingerprint density at radius 3 is 2.36 bits per heavy atom. The van der Waals surface area contributed by atoms with Crippen molar-refractivity contribution >= 4 is 5.97 Å². The van der Waals surface area contributed by atoms with Crippen LogP contribution < -0.4 is 4.74 Å². The Hall–Kier alpha value is -2.49. The molecule has 0 amide bonds. The molecule has 0 aliphatic carbocycles. The molecule has 2 aromatic rings. The number of phenols is 1. The Bertz CT molecular complexity index is 635. The summed E-state index contributed by atoms with van der Waals surface area (Å²) in [5.41, 5.74) is 1.49. The monoisotopic (exact) mass is 300 g/mol. The van der Waals surface area contributed by atoms with Gasteiger partial charge in [-0.2, -0.15) is 0 Å². The molecule has 116 valence electrons. The molecule has 0 aromatic heterocycles. The molecule has 1 unspecified atom stereocenters. The van der Waals surface area contributed by atoms with Crippen molar-refractivity contribution in [2.75, 3.05) is 7.11 Å². The fraction of sp³-hybridized carbons (Fsp3) is 0.278. The molecule has 0 aliphatic rings. The van der Waals surface area contributed by atoms with Crippen molar-refractivity contribution in [2.45, 2.75) is 25.9 Å². The molecule has 0 radical (unpaired) electrons. The van der Waals surface area contributed by atoms with Gasteiger partial charge < -0.3 is 14.6 Å². The Morgan fingerprint density at radius 1 is 1.09 bits per heavy atom. The molecule has 1 N–H and O–H groups in total. The first kappa shape index (κ1) is 15.9. The smallest absolute Gasteiger partial charge is 0.351 e. The second kappa shape index (κ2) is 6.98. The molecule has 22 heavy (non-hydrogen) atoms. The van der Waals surface area contributed by atoms with Gasteiger partial charge in [0.25, 0.3) is 0 Å². The number of ether oxygens (including phenoxy) is 2. The molecule has 0 fully saturated rings. The summed E-state index contributed by atoms with van der Waals surface area (Å²) in [5, 5.41) is 9.86. The highest BCUT2D eigenvalue weighted by atomic mass is 16.6. The van der Waals surface area contributed by atoms with E-state index in [0.29, 0.717) is 11.3 Å². The number of hydrogen-bond donors (Lipinski definition) is 1. The van der Waals surface area contributed by atoms with E-state index >= 15 is 0 Å². The van der Waals surface area contributed by atoms with Gasteiger partial charge in [0, 0.05) is 11.1 Å². The average molecular weight is 300 g/mol. The predicted molar refractivity (Wildman–Crippen MR) is 84.0 cm³/mol. The van der Waals surface area contributed by atoms with Gasteiger partial charge in [0.15, 0.2) is 0 Å². The van der Waals surface area contributed by atoms with Crippen LogP contribution in [0.2, 0.25) is 0 Å². The van der Waals surface area contributed by atoms with Crippen LogP contribution in [0.15, 0.2) is 48.5 Å². The summed E-state index contributed by atoms with van der Waals surface area (Å²) in [6.45, 7) is 3.96. The van der Waals surface area contributed by atoms with Crippen molar-refractivity contribution in [3.05, 3.63) is 59.7 Å². The minimum absolute atomic E-state index is 0.150. The summed E-state index contributed by atoms with van der Waals surface area (Å²) in [6, 6.07) is 14.1. The van der Waals surface area contributed by atoms with E-state index in [4.69, 9.17) is 9.47 Å². The van der Waals surface area contributed by atoms with Gasteiger partial charge in [-0.1, -0.05) is 44.2 Å². The lowest BCUT2D eigenvalue weighted by Gasteiger charge is -2.18. The Labute approximate surface area is 130 Å². The van der Waals surface area contributed by atoms with Gasteiger partial charge in [-0.3, -0.25) is 0 Å². The summed E-state index contributed by atoms with van der Waals surface area (Å²) in [6.07, 6.45) is -0.837. The van der Waals surface area contributed by atoms with Gasteiger partial charge in [-0.05, 0) is 24.1 Å². The number of rotatable bonds is 5. The largest absolute Gasteiger partial charge is 0.508 e. The first-order valence-corrected chi connectivity index (χ1v) is 7.15. The van der Waals surface area contributed by atoms with Crippen LogP contribution in [0.4, 0.5) is 0 Å². The van der Waals surface area contributed by atoms with Crippen molar-refractivity contribution in [1.29, 1.82) is 0 Å². The highest BCUT2D eigenvalue weighted by Crippen LogP contribution is 2.31. The second-order valence-electron chi connectivity index (χ2n) is 5.31. The normalized spacial score (nSPS) is 12.0. The Kier molecular flexibility index (Phi) is 5.04. The minimum atomic E-state index is -0.837. The van der Waals surface area contributed by atoms with E-state index in [2.05, 4.69) is 0 Å². The number of methoxy groups -OCH3 is 1. The van der Waals surface area contributed by atoms with Gasteiger partial charge in [-0.15, -0.1) is 0 Å². The van der Waals surface area contributed by atoms with Gasteiger partial charge >= 0.3 is 5.97 Å². The third-order valence-corrected chi connectivity index (χ3v) is 3.39. The molecule has 0 aliphatic heterocycles. The van der Waals surface area contributed by atoms with E-state index in [-0.39, 0.29) is 11.7 Å². The zero-order valence-electron chi connectivity index (χ0n) is 12.9. The zero-order valence-corrected chi connectivity index (χ0v) is 12.9. The van der Waals surface area contributed by atoms with Crippen LogP contribution in [-0.4, -0.2) is 18.2 Å². The van der Waals surface area contributed by atoms with E-state index in [1.165, 1.54) is 7.11 Å². The number of carbonyl (C=O) groups is 1. The summed E-state index contributed by atoms with van der Waals surface area (Å²) >= 11 is 0. The van der Waals surface area contributed by atoms with Crippen molar-refractivity contribution < 1.29 is 19.4 Å². The van der Waals surface area contributed by atoms with Crippen molar-refractivity contribution in [2.24, 2.45) is 0 Å². The highest BCUT2D eigenvalue weighted by molar-refractivity contribution is 5.76. The van der Waals surface area contributed by atoms with Crippen molar-refractivity contribution in [3.8, 4) is 11.5 Å². The van der Waals surface area contributed by atoms with E-state index in [9.17, 15) is 9.90 Å². The molecule has 4 heteroatoms. The average Bonchev–Trinajstić information content (AvgIpc) is 2.53. The Morgan fingerprint density at radius 2 is 1.77 bits per heavy atom. The first-order chi connectivity index (χ1) is 10.5. The molecule has 1 atom stereocenters.